The number of benzene rings is 4. The Morgan fingerprint density at radius 1 is 0.922 bits per heavy atom. The normalized spacial score (nSPS) is 21.1. The van der Waals surface area contributed by atoms with E-state index in [1.807, 2.05) is 67.6 Å². The molecule has 2 fully saturated rings. The first-order chi connectivity index (χ1) is 24.8. The van der Waals surface area contributed by atoms with Crippen LogP contribution in [0.25, 0.3) is 21.9 Å². The van der Waals surface area contributed by atoms with Gasteiger partial charge in [0.25, 0.3) is 5.91 Å². The summed E-state index contributed by atoms with van der Waals surface area (Å²) >= 11 is 0. The van der Waals surface area contributed by atoms with Crippen molar-refractivity contribution in [2.24, 2.45) is 5.16 Å². The monoisotopic (exact) mass is 684 g/mol. The second kappa shape index (κ2) is 13.3. The number of oxime groups is 1. The minimum Gasteiger partial charge on any atom is -0.448 e. The van der Waals surface area contributed by atoms with Crippen LogP contribution in [0, 0.1) is 0 Å². The summed E-state index contributed by atoms with van der Waals surface area (Å²) in [4.78, 5) is 61.6. The minimum atomic E-state index is -1.02. The van der Waals surface area contributed by atoms with E-state index in [1.165, 1.54) is 4.90 Å². The van der Waals surface area contributed by atoms with Crippen LogP contribution < -0.4 is 10.6 Å². The zero-order chi connectivity index (χ0) is 35.1. The molecule has 1 spiro atoms. The van der Waals surface area contributed by atoms with Crippen LogP contribution in [0.15, 0.2) is 96.2 Å². The summed E-state index contributed by atoms with van der Waals surface area (Å²) in [5.74, 6) is -2.07. The molecule has 10 nitrogen and oxygen atoms in total. The van der Waals surface area contributed by atoms with E-state index in [0.29, 0.717) is 12.8 Å². The average Bonchev–Trinajstić information content (AvgIpc) is 3.61. The lowest BCUT2D eigenvalue weighted by Crippen LogP contribution is -2.53. The van der Waals surface area contributed by atoms with E-state index >= 15 is 0 Å². The number of hydrogen-bond donors (Lipinski definition) is 2. The number of rotatable bonds is 10. The highest BCUT2D eigenvalue weighted by atomic mass is 16.7. The number of nitrogens with one attached hydrogen (secondary N) is 2. The van der Waals surface area contributed by atoms with Crippen molar-refractivity contribution in [3.63, 3.8) is 0 Å². The lowest BCUT2D eigenvalue weighted by Gasteiger charge is -2.26. The molecule has 1 saturated heterocycles. The molecular formula is C41H40N4O6. The molecule has 10 heteroatoms. The summed E-state index contributed by atoms with van der Waals surface area (Å²) in [6, 6.07) is 28.4. The van der Waals surface area contributed by atoms with Crippen molar-refractivity contribution >= 4 is 40.2 Å². The zero-order valence-corrected chi connectivity index (χ0v) is 28.5. The third-order valence-corrected chi connectivity index (χ3v) is 10.5. The van der Waals surface area contributed by atoms with Gasteiger partial charge in [-0.2, -0.15) is 0 Å². The number of carbonyl (C=O) groups is 4. The third kappa shape index (κ3) is 6.35. The molecule has 2 aliphatic heterocycles. The van der Waals surface area contributed by atoms with Gasteiger partial charge in [-0.15, -0.1) is 0 Å². The molecule has 8 rings (SSSR count). The van der Waals surface area contributed by atoms with Crippen molar-refractivity contribution in [2.75, 3.05) is 13.2 Å². The Morgan fingerprint density at radius 3 is 2.31 bits per heavy atom. The quantitative estimate of drug-likeness (QED) is 0.202. The first-order valence-electron chi connectivity index (χ1n) is 17.8. The summed E-state index contributed by atoms with van der Waals surface area (Å²) in [7, 11) is 0. The molecule has 51 heavy (non-hydrogen) atoms. The lowest BCUT2D eigenvalue weighted by atomic mass is 9.91. The summed E-state index contributed by atoms with van der Waals surface area (Å²) in [6.07, 6.45) is 2.41. The maximum Gasteiger partial charge on any atom is 0.410 e. The van der Waals surface area contributed by atoms with Crippen molar-refractivity contribution in [1.82, 2.24) is 15.5 Å². The molecule has 0 bridgehead atoms. The van der Waals surface area contributed by atoms with Gasteiger partial charge in [-0.1, -0.05) is 103 Å². The fraction of sp³-hybridized carbons (Fsp3) is 0.341. The van der Waals surface area contributed by atoms with E-state index in [1.54, 1.807) is 0 Å². The zero-order valence-electron chi connectivity index (χ0n) is 28.5. The second-order valence-electron chi connectivity index (χ2n) is 14.2. The molecule has 0 radical (unpaired) electrons. The Morgan fingerprint density at radius 2 is 1.61 bits per heavy atom. The summed E-state index contributed by atoms with van der Waals surface area (Å²) < 4.78 is 6.04. The average molecular weight is 685 g/mol. The number of nitrogens with zero attached hydrogens (tertiary/aromatic N) is 2. The van der Waals surface area contributed by atoms with E-state index in [-0.39, 0.29) is 38.0 Å². The summed E-state index contributed by atoms with van der Waals surface area (Å²) in [5, 5.41) is 12.2. The molecule has 3 amide bonds. The minimum absolute atomic E-state index is 0.00879. The highest BCUT2D eigenvalue weighted by Gasteiger charge is 2.55. The van der Waals surface area contributed by atoms with Crippen molar-refractivity contribution in [2.45, 2.75) is 75.1 Å². The van der Waals surface area contributed by atoms with Crippen LogP contribution in [0.5, 0.6) is 0 Å². The number of fused-ring (bicyclic) bond motifs is 4. The molecule has 1 saturated carbocycles. The number of Topliss-reactive ketones (excluding diaryl/α,β-unsaturated/α-hetero) is 1. The predicted molar refractivity (Wildman–Crippen MR) is 192 cm³/mol. The van der Waals surface area contributed by atoms with Crippen LogP contribution in [-0.4, -0.2) is 71.2 Å². The van der Waals surface area contributed by atoms with Crippen molar-refractivity contribution in [3.8, 4) is 11.1 Å². The van der Waals surface area contributed by atoms with Gasteiger partial charge in [-0.25, -0.2) is 4.79 Å². The summed E-state index contributed by atoms with van der Waals surface area (Å²) in [5.41, 5.74) is 5.05. The van der Waals surface area contributed by atoms with E-state index in [0.717, 1.165) is 57.1 Å². The van der Waals surface area contributed by atoms with Crippen molar-refractivity contribution < 1.29 is 28.8 Å². The largest absolute Gasteiger partial charge is 0.448 e. The van der Waals surface area contributed by atoms with Crippen LogP contribution in [0.4, 0.5) is 4.79 Å². The first kappa shape index (κ1) is 32.7. The van der Waals surface area contributed by atoms with E-state index in [4.69, 9.17) is 9.57 Å². The fourth-order valence-corrected chi connectivity index (χ4v) is 7.76. The van der Waals surface area contributed by atoms with Gasteiger partial charge in [0.2, 0.25) is 11.7 Å². The Kier molecular flexibility index (Phi) is 8.53. The highest BCUT2D eigenvalue weighted by Crippen LogP contribution is 2.45. The molecule has 4 aliphatic rings. The van der Waals surface area contributed by atoms with Crippen LogP contribution in [0.2, 0.25) is 0 Å². The second-order valence-corrected chi connectivity index (χ2v) is 14.2. The maximum atomic E-state index is 14.1. The topological polar surface area (TPSA) is 126 Å². The van der Waals surface area contributed by atoms with Gasteiger partial charge in [-0.3, -0.25) is 19.3 Å². The standard InChI is InChI=1S/C41H40N4O6/c1-2-9-34(37(46)39(48)42-28-18-19-28)43-38(47)36-22-41(21-35(44-51-41)27-17-16-25-10-3-4-11-26(25)20-27)24-45(36)40(49)50-23-33-31-14-7-5-12-29(31)30-13-6-8-15-32(30)33/h3-8,10-17,20,28,33-34,36H,2,9,18-19,21-24H2,1H3,(H,42,48)(H,43,47)/t34-,36-,41+/m0/s1. The number of likely N-dealkylation sites (tertiary alicyclic amines) is 1. The van der Waals surface area contributed by atoms with Crippen molar-refractivity contribution in [1.29, 1.82) is 0 Å². The van der Waals surface area contributed by atoms with Gasteiger partial charge >= 0.3 is 6.09 Å². The molecule has 3 atom stereocenters. The highest BCUT2D eigenvalue weighted by molar-refractivity contribution is 6.38. The number of amides is 3. The van der Waals surface area contributed by atoms with Gasteiger partial charge in [-0.05, 0) is 58.4 Å². The summed E-state index contributed by atoms with van der Waals surface area (Å²) in [6.45, 7) is 2.04. The predicted octanol–water partition coefficient (Wildman–Crippen LogP) is 5.86. The first-order valence-corrected chi connectivity index (χ1v) is 17.8. The molecule has 0 unspecified atom stereocenters. The Hall–Kier alpha value is -5.51. The SMILES string of the molecule is CCC[C@H](NC(=O)[C@@H]1C[C@]2(CC(c3ccc4ccccc4c3)=NO2)CN1C(=O)OCC1c2ccccc2-c2ccccc21)C(=O)C(=O)NC1CC1. The Bertz CT molecular complexity index is 2030. The van der Waals surface area contributed by atoms with Crippen LogP contribution >= 0.6 is 0 Å². The molecule has 4 aromatic carbocycles. The molecule has 4 aromatic rings. The molecular weight excluding hydrogens is 644 g/mol. The molecule has 2 heterocycles. The van der Waals surface area contributed by atoms with Crippen molar-refractivity contribution in [3.05, 3.63) is 108 Å². The van der Waals surface area contributed by atoms with Gasteiger partial charge in [0, 0.05) is 30.4 Å². The van der Waals surface area contributed by atoms with Gasteiger partial charge < -0.3 is 20.2 Å². The Labute approximate surface area is 296 Å². The molecule has 260 valence electrons. The lowest BCUT2D eigenvalue weighted by molar-refractivity contribution is -0.140. The van der Waals surface area contributed by atoms with Crippen LogP contribution in [0.1, 0.15) is 68.1 Å². The van der Waals surface area contributed by atoms with E-state index in [2.05, 4.69) is 46.1 Å². The van der Waals surface area contributed by atoms with E-state index in [9.17, 15) is 19.2 Å². The Balaban J connectivity index is 1.03. The maximum absolute atomic E-state index is 14.1. The molecule has 2 N–H and O–H groups in total. The molecule has 0 aromatic heterocycles. The number of carbonyl (C=O) groups excluding carboxylic acids is 4. The fourth-order valence-electron chi connectivity index (χ4n) is 7.76. The van der Waals surface area contributed by atoms with E-state index < -0.39 is 41.4 Å². The van der Waals surface area contributed by atoms with Gasteiger partial charge in [0.1, 0.15) is 12.6 Å². The van der Waals surface area contributed by atoms with Gasteiger partial charge in [0.05, 0.1) is 18.3 Å². The third-order valence-electron chi connectivity index (χ3n) is 10.5. The van der Waals surface area contributed by atoms with Crippen LogP contribution in [0.3, 0.4) is 0 Å². The number of hydrogen-bond acceptors (Lipinski definition) is 7. The number of ketones is 1. The van der Waals surface area contributed by atoms with Crippen LogP contribution in [-0.2, 0) is 24.0 Å². The molecule has 2 aliphatic carbocycles. The van der Waals surface area contributed by atoms with Gasteiger partial charge in [0.15, 0.2) is 5.60 Å². The number of ether oxygens (including phenoxy) is 1. The smallest absolute Gasteiger partial charge is 0.410 e.